The van der Waals surface area contributed by atoms with Crippen LogP contribution in [0.15, 0.2) is 81.0 Å². The van der Waals surface area contributed by atoms with Gasteiger partial charge in [0.15, 0.2) is 35.2 Å². The van der Waals surface area contributed by atoms with Crippen LogP contribution in [0.3, 0.4) is 0 Å². The van der Waals surface area contributed by atoms with Crippen molar-refractivity contribution in [3.8, 4) is 0 Å². The summed E-state index contributed by atoms with van der Waals surface area (Å²) < 4.78 is 21.6. The highest BCUT2D eigenvalue weighted by molar-refractivity contribution is 6.44. The number of hydrogen-bond acceptors (Lipinski definition) is 14. The van der Waals surface area contributed by atoms with Crippen LogP contribution in [0, 0.1) is 10.8 Å². The second kappa shape index (κ2) is 15.8. The van der Waals surface area contributed by atoms with Gasteiger partial charge >= 0.3 is 5.97 Å². The lowest BCUT2D eigenvalue weighted by Gasteiger charge is -2.41. The Morgan fingerprint density at radius 3 is 1.85 bits per heavy atom. The molecule has 0 bridgehead atoms. The van der Waals surface area contributed by atoms with E-state index in [4.69, 9.17) is 34.6 Å². The molecule has 6 N–H and O–H groups in total. The van der Waals surface area contributed by atoms with Gasteiger partial charge in [0.25, 0.3) is 0 Å². The highest BCUT2D eigenvalue weighted by Crippen LogP contribution is 2.49. The smallest absolute Gasteiger partial charge is 0.377 e. The minimum atomic E-state index is -1.42. The average molecular weight is 745 g/mol. The predicted molar refractivity (Wildman–Crippen MR) is 191 cm³/mol. The molecule has 3 heterocycles. The largest absolute Gasteiger partial charge is 0.505 e. The van der Waals surface area contributed by atoms with Crippen molar-refractivity contribution in [3.63, 3.8) is 0 Å². The zero-order valence-electron chi connectivity index (χ0n) is 31.9. The van der Waals surface area contributed by atoms with Crippen molar-refractivity contribution in [1.82, 2.24) is 0 Å². The Labute approximate surface area is 309 Å². The van der Waals surface area contributed by atoms with Gasteiger partial charge in [0.05, 0.1) is 13.2 Å². The topological polar surface area (TPSA) is 227 Å². The molecule has 1 saturated heterocycles. The van der Waals surface area contributed by atoms with Crippen molar-refractivity contribution in [2.75, 3.05) is 13.2 Å². The standard InChI is InChI=1S/C20H26O6.C13H18O2.C6H8O6/c1-10(2)7-13-11(3)18(23)20(9-19(13,5)6)24-8-14(26-20)17-16(22)15(21)12(4)25-17;1-8(2)6-10-9(3)12(15)11(14)7-13(10,4)5;7-1-2(8)5-3(9)4(10)6(11)12-5/h7,14,17,21-22H,4,8-9H2,1-3,5-6H3;6H,7H2,1-5H3;2,5,7-10H,1H2/t14?,17-,20?;;2-,5+/m1.0/s1. The molecule has 53 heavy (non-hydrogen) atoms. The second-order valence-corrected chi connectivity index (χ2v) is 15.4. The molecule has 2 unspecified atom stereocenters. The Balaban J connectivity index is 0.000000237. The van der Waals surface area contributed by atoms with Crippen LogP contribution in [-0.2, 0) is 38.1 Å². The summed E-state index contributed by atoms with van der Waals surface area (Å²) in [6, 6.07) is 0. The maximum atomic E-state index is 13.1. The molecule has 0 aromatic heterocycles. The first-order valence-corrected chi connectivity index (χ1v) is 17.1. The van der Waals surface area contributed by atoms with E-state index in [1.807, 2.05) is 53.7 Å². The number of carbonyl (C=O) groups is 4. The number of ether oxygens (including phenoxy) is 4. The molecule has 1 spiro atoms. The van der Waals surface area contributed by atoms with Crippen LogP contribution < -0.4 is 0 Å². The fourth-order valence-electron chi connectivity index (χ4n) is 6.78. The maximum Gasteiger partial charge on any atom is 0.377 e. The van der Waals surface area contributed by atoms with E-state index in [0.717, 1.165) is 22.3 Å². The number of Topliss-reactive ketones (excluding diaryl/α,β-unsaturated/α-hetero) is 3. The molecule has 0 amide bonds. The Bertz CT molecular complexity index is 1760. The second-order valence-electron chi connectivity index (χ2n) is 15.4. The summed E-state index contributed by atoms with van der Waals surface area (Å²) in [6.07, 6.45) is 0.303. The summed E-state index contributed by atoms with van der Waals surface area (Å²) in [5.41, 5.74) is 4.93. The van der Waals surface area contributed by atoms with E-state index in [0.29, 0.717) is 24.0 Å². The molecule has 0 aromatic rings. The summed E-state index contributed by atoms with van der Waals surface area (Å²) in [6.45, 7) is 22.6. The predicted octanol–water partition coefficient (Wildman–Crippen LogP) is 5.05. The van der Waals surface area contributed by atoms with E-state index >= 15 is 0 Å². The average Bonchev–Trinajstić information content (AvgIpc) is 3.69. The van der Waals surface area contributed by atoms with Gasteiger partial charge in [-0.05, 0) is 63.5 Å². The zero-order chi connectivity index (χ0) is 40.5. The summed E-state index contributed by atoms with van der Waals surface area (Å²) in [7, 11) is 0. The summed E-state index contributed by atoms with van der Waals surface area (Å²) in [4.78, 5) is 46.6. The van der Waals surface area contributed by atoms with E-state index in [1.54, 1.807) is 13.8 Å². The van der Waals surface area contributed by atoms with Crippen LogP contribution >= 0.6 is 0 Å². The SMILES string of the molecule is C=C1O[C@H](C2COC3(CC(C)(C)C(C=C(C)C)=C(C)C3=O)O2)C(O)=C1O.CC(C)=CC1=C(C)C(=O)C(=O)CC1(C)C.O=C1O[C@H]([C@@H](O)CO)C(O)=C1O. The van der Waals surface area contributed by atoms with Crippen LogP contribution in [0.1, 0.15) is 82.1 Å². The molecule has 14 nitrogen and oxygen atoms in total. The van der Waals surface area contributed by atoms with Gasteiger partial charge in [0.2, 0.25) is 28.9 Å². The van der Waals surface area contributed by atoms with E-state index in [-0.39, 0.29) is 46.3 Å². The fraction of sp³-hybridized carbons (Fsp3) is 0.538. The number of ketones is 3. The van der Waals surface area contributed by atoms with Crippen LogP contribution in [-0.4, -0.2) is 97.4 Å². The molecule has 5 atom stereocenters. The molecule has 5 rings (SSSR count). The van der Waals surface area contributed by atoms with Gasteiger partial charge in [-0.2, -0.15) is 0 Å². The number of aliphatic hydroxyl groups is 6. The summed E-state index contributed by atoms with van der Waals surface area (Å²) in [5, 5.41) is 54.8. The van der Waals surface area contributed by atoms with Crippen LogP contribution in [0.4, 0.5) is 0 Å². The van der Waals surface area contributed by atoms with Gasteiger partial charge in [-0.1, -0.05) is 57.6 Å². The van der Waals surface area contributed by atoms with E-state index < -0.39 is 60.1 Å². The lowest BCUT2D eigenvalue weighted by molar-refractivity contribution is -0.198. The van der Waals surface area contributed by atoms with Gasteiger partial charge in [-0.25, -0.2) is 4.79 Å². The van der Waals surface area contributed by atoms with Crippen molar-refractivity contribution in [2.24, 2.45) is 10.8 Å². The Morgan fingerprint density at radius 2 is 1.40 bits per heavy atom. The van der Waals surface area contributed by atoms with E-state index in [2.05, 4.69) is 25.2 Å². The molecular formula is C39H52O14. The van der Waals surface area contributed by atoms with Crippen molar-refractivity contribution in [3.05, 3.63) is 81.0 Å². The highest BCUT2D eigenvalue weighted by Gasteiger charge is 2.58. The Morgan fingerprint density at radius 1 is 0.849 bits per heavy atom. The minimum absolute atomic E-state index is 0.0192. The van der Waals surface area contributed by atoms with Crippen LogP contribution in [0.5, 0.6) is 0 Å². The number of rotatable bonds is 5. The van der Waals surface area contributed by atoms with Crippen molar-refractivity contribution in [2.45, 2.75) is 112 Å². The van der Waals surface area contributed by atoms with Gasteiger partial charge < -0.3 is 49.6 Å². The third kappa shape index (κ3) is 8.84. The molecular weight excluding hydrogens is 692 g/mol. The van der Waals surface area contributed by atoms with Gasteiger partial charge in [-0.15, -0.1) is 0 Å². The first-order valence-electron chi connectivity index (χ1n) is 17.1. The summed E-state index contributed by atoms with van der Waals surface area (Å²) >= 11 is 0. The molecule has 0 aromatic carbocycles. The van der Waals surface area contributed by atoms with Crippen molar-refractivity contribution >= 4 is 23.3 Å². The first-order chi connectivity index (χ1) is 24.3. The third-order valence-electron chi connectivity index (χ3n) is 9.37. The monoisotopic (exact) mass is 744 g/mol. The maximum absolute atomic E-state index is 13.1. The van der Waals surface area contributed by atoms with Crippen LogP contribution in [0.25, 0.3) is 0 Å². The van der Waals surface area contributed by atoms with E-state index in [9.17, 15) is 29.4 Å². The molecule has 2 aliphatic carbocycles. The first kappa shape index (κ1) is 42.9. The van der Waals surface area contributed by atoms with Gasteiger partial charge in [0, 0.05) is 24.0 Å². The minimum Gasteiger partial charge on any atom is -0.505 e. The number of carbonyl (C=O) groups excluding carboxylic acids is 4. The third-order valence-corrected chi connectivity index (χ3v) is 9.37. The zero-order valence-corrected chi connectivity index (χ0v) is 31.9. The number of hydrogen-bond donors (Lipinski definition) is 6. The Hall–Kier alpha value is -4.50. The quantitative estimate of drug-likeness (QED) is 0.160. The highest BCUT2D eigenvalue weighted by atomic mass is 16.8. The number of allylic oxidation sites excluding steroid dienone is 7. The molecule has 3 aliphatic heterocycles. The lowest BCUT2D eigenvalue weighted by Crippen LogP contribution is -2.49. The normalized spacial score (nSPS) is 28.3. The number of esters is 1. The fourth-order valence-corrected chi connectivity index (χ4v) is 6.78. The molecule has 14 heteroatoms. The van der Waals surface area contributed by atoms with Gasteiger partial charge in [0.1, 0.15) is 12.2 Å². The molecule has 292 valence electrons. The molecule has 1 fully saturated rings. The number of aliphatic hydroxyl groups excluding tert-OH is 6. The molecule has 0 radical (unpaired) electrons. The van der Waals surface area contributed by atoms with E-state index in [1.165, 1.54) is 0 Å². The van der Waals surface area contributed by atoms with Crippen LogP contribution in [0.2, 0.25) is 0 Å². The Kier molecular flexibility index (Phi) is 12.8. The summed E-state index contributed by atoms with van der Waals surface area (Å²) in [5.74, 6) is -5.73. The van der Waals surface area contributed by atoms with Crippen molar-refractivity contribution < 1.29 is 68.8 Å². The number of cyclic esters (lactones) is 1. The van der Waals surface area contributed by atoms with Gasteiger partial charge in [-0.3, -0.25) is 14.4 Å². The molecule has 0 saturated carbocycles. The lowest BCUT2D eigenvalue weighted by atomic mass is 9.69. The molecule has 5 aliphatic rings. The van der Waals surface area contributed by atoms with Crippen molar-refractivity contribution in [1.29, 1.82) is 0 Å².